The summed E-state index contributed by atoms with van der Waals surface area (Å²) in [5, 5.41) is 21.4. The number of carbonyl (C=O) groups is 2. The van der Waals surface area contributed by atoms with Gasteiger partial charge in [-0.15, -0.1) is 16.4 Å². The van der Waals surface area contributed by atoms with Crippen molar-refractivity contribution in [3.63, 3.8) is 0 Å². The highest BCUT2D eigenvalue weighted by atomic mass is 32.1. The zero-order chi connectivity index (χ0) is 21.6. The number of nitrogens with zero attached hydrogens (tertiary/aromatic N) is 3. The minimum atomic E-state index is -0.440. The number of benzene rings is 2. The first-order chi connectivity index (χ1) is 15.1. The van der Waals surface area contributed by atoms with Gasteiger partial charge in [0.15, 0.2) is 5.82 Å². The van der Waals surface area contributed by atoms with E-state index < -0.39 is 11.8 Å². The second-order valence-electron chi connectivity index (χ2n) is 6.51. The second-order valence-corrected chi connectivity index (χ2v) is 7.46. The highest BCUT2D eigenvalue weighted by Crippen LogP contribution is 2.25. The van der Waals surface area contributed by atoms with Crippen LogP contribution >= 0.6 is 11.3 Å². The monoisotopic (exact) mass is 433 g/mol. The van der Waals surface area contributed by atoms with Gasteiger partial charge in [-0.25, -0.2) is 9.67 Å². The van der Waals surface area contributed by atoms with Gasteiger partial charge in [0, 0.05) is 13.1 Å². The molecule has 0 unspecified atom stereocenters. The van der Waals surface area contributed by atoms with E-state index in [1.54, 1.807) is 16.8 Å². The molecule has 2 heterocycles. The molecule has 3 N–H and O–H groups in total. The molecule has 0 saturated carbocycles. The van der Waals surface area contributed by atoms with Crippen molar-refractivity contribution in [1.29, 1.82) is 0 Å². The first-order valence-corrected chi connectivity index (χ1v) is 10.4. The van der Waals surface area contributed by atoms with Gasteiger partial charge in [0.1, 0.15) is 5.75 Å². The van der Waals surface area contributed by atoms with Crippen molar-refractivity contribution in [2.45, 2.75) is 0 Å². The summed E-state index contributed by atoms with van der Waals surface area (Å²) < 4.78 is 1.64. The molecule has 0 radical (unpaired) electrons. The quantitative estimate of drug-likeness (QED) is 0.388. The number of hydrogen-bond donors (Lipinski definition) is 3. The van der Waals surface area contributed by atoms with Crippen molar-refractivity contribution in [3.05, 3.63) is 83.5 Å². The second kappa shape index (κ2) is 9.23. The summed E-state index contributed by atoms with van der Waals surface area (Å²) in [5.74, 6) is -0.331. The molecular formula is C22H19N5O3S. The highest BCUT2D eigenvalue weighted by Gasteiger charge is 2.19. The Labute approximate surface area is 182 Å². The zero-order valence-corrected chi connectivity index (χ0v) is 17.2. The van der Waals surface area contributed by atoms with E-state index in [9.17, 15) is 14.7 Å². The average Bonchev–Trinajstić information content (AvgIpc) is 3.47. The Morgan fingerprint density at radius 1 is 0.903 bits per heavy atom. The number of aromatic nitrogens is 3. The number of amides is 2. The number of thiophene rings is 1. The predicted octanol–water partition coefficient (Wildman–Crippen LogP) is 2.86. The van der Waals surface area contributed by atoms with Crippen LogP contribution in [-0.4, -0.2) is 44.8 Å². The topological polar surface area (TPSA) is 109 Å². The Morgan fingerprint density at radius 2 is 1.61 bits per heavy atom. The van der Waals surface area contributed by atoms with E-state index in [4.69, 9.17) is 0 Å². The molecule has 31 heavy (non-hydrogen) atoms. The zero-order valence-electron chi connectivity index (χ0n) is 16.4. The molecule has 2 aromatic heterocycles. The van der Waals surface area contributed by atoms with Crippen LogP contribution < -0.4 is 10.6 Å². The SMILES string of the molecule is O=C(NCCNC(=O)c1ccccc1O)c1nc(-c2cccs2)n(-c2ccccc2)n1. The molecule has 0 atom stereocenters. The van der Waals surface area contributed by atoms with Crippen LogP contribution in [0.5, 0.6) is 5.75 Å². The first kappa shape index (κ1) is 20.3. The third kappa shape index (κ3) is 4.62. The minimum absolute atomic E-state index is 0.0410. The van der Waals surface area contributed by atoms with Crippen molar-refractivity contribution in [2.24, 2.45) is 0 Å². The Hall–Kier alpha value is -3.98. The smallest absolute Gasteiger partial charge is 0.291 e. The van der Waals surface area contributed by atoms with Crippen LogP contribution in [0, 0.1) is 0 Å². The van der Waals surface area contributed by atoms with Crippen molar-refractivity contribution in [3.8, 4) is 22.1 Å². The molecule has 0 spiro atoms. The fourth-order valence-electron chi connectivity index (χ4n) is 2.91. The molecule has 0 saturated heterocycles. The number of phenols is 1. The lowest BCUT2D eigenvalue weighted by atomic mass is 10.2. The maximum atomic E-state index is 12.6. The van der Waals surface area contributed by atoms with Gasteiger partial charge >= 0.3 is 0 Å². The third-order valence-electron chi connectivity index (χ3n) is 4.40. The van der Waals surface area contributed by atoms with Gasteiger partial charge in [-0.3, -0.25) is 9.59 Å². The van der Waals surface area contributed by atoms with Gasteiger partial charge in [0.25, 0.3) is 11.8 Å². The Morgan fingerprint density at radius 3 is 2.32 bits per heavy atom. The summed E-state index contributed by atoms with van der Waals surface area (Å²) in [6, 6.07) is 19.6. The third-order valence-corrected chi connectivity index (χ3v) is 5.26. The van der Waals surface area contributed by atoms with Crippen molar-refractivity contribution in [2.75, 3.05) is 13.1 Å². The summed E-state index contributed by atoms with van der Waals surface area (Å²) in [7, 11) is 0. The first-order valence-electron chi connectivity index (χ1n) is 9.54. The molecule has 4 rings (SSSR count). The van der Waals surface area contributed by atoms with E-state index >= 15 is 0 Å². The Balaban J connectivity index is 1.42. The summed E-state index contributed by atoms with van der Waals surface area (Å²) in [5.41, 5.74) is 0.977. The average molecular weight is 433 g/mol. The van der Waals surface area contributed by atoms with Crippen LogP contribution in [0.4, 0.5) is 0 Å². The number of carbonyl (C=O) groups excluding carboxylic acids is 2. The van der Waals surface area contributed by atoms with Gasteiger partial charge in [0.05, 0.1) is 16.1 Å². The molecule has 4 aromatic rings. The van der Waals surface area contributed by atoms with Crippen LogP contribution in [0.3, 0.4) is 0 Å². The fourth-order valence-corrected chi connectivity index (χ4v) is 3.61. The molecule has 0 bridgehead atoms. The molecular weight excluding hydrogens is 414 g/mol. The van der Waals surface area contributed by atoms with Crippen LogP contribution in [0.25, 0.3) is 16.4 Å². The largest absolute Gasteiger partial charge is 0.507 e. The molecule has 8 nitrogen and oxygen atoms in total. The van der Waals surface area contributed by atoms with E-state index in [0.717, 1.165) is 10.6 Å². The van der Waals surface area contributed by atoms with Gasteiger partial charge < -0.3 is 15.7 Å². The number of para-hydroxylation sites is 2. The summed E-state index contributed by atoms with van der Waals surface area (Å²) in [6.45, 7) is 0.377. The van der Waals surface area contributed by atoms with Crippen LogP contribution in [-0.2, 0) is 0 Å². The van der Waals surface area contributed by atoms with E-state index in [0.29, 0.717) is 5.82 Å². The van der Waals surface area contributed by atoms with Gasteiger partial charge in [-0.2, -0.15) is 0 Å². The van der Waals surface area contributed by atoms with Crippen molar-refractivity contribution < 1.29 is 14.7 Å². The predicted molar refractivity (Wildman–Crippen MR) is 117 cm³/mol. The van der Waals surface area contributed by atoms with E-state index in [1.807, 2.05) is 47.8 Å². The summed E-state index contributed by atoms with van der Waals surface area (Å²) in [6.07, 6.45) is 0. The van der Waals surface area contributed by atoms with Crippen LogP contribution in [0.15, 0.2) is 72.1 Å². The maximum Gasteiger partial charge on any atom is 0.291 e. The Bertz CT molecular complexity index is 1190. The normalized spacial score (nSPS) is 10.6. The summed E-state index contributed by atoms with van der Waals surface area (Å²) in [4.78, 5) is 30.0. The lowest BCUT2D eigenvalue weighted by Crippen LogP contribution is -2.35. The highest BCUT2D eigenvalue weighted by molar-refractivity contribution is 7.13. The molecule has 9 heteroatoms. The van der Waals surface area contributed by atoms with Crippen LogP contribution in [0.1, 0.15) is 21.0 Å². The molecule has 2 aromatic carbocycles. The van der Waals surface area contributed by atoms with Crippen molar-refractivity contribution in [1.82, 2.24) is 25.4 Å². The van der Waals surface area contributed by atoms with Crippen LogP contribution in [0.2, 0.25) is 0 Å². The van der Waals surface area contributed by atoms with Gasteiger partial charge in [-0.1, -0.05) is 36.4 Å². The molecule has 0 fully saturated rings. The maximum absolute atomic E-state index is 12.6. The van der Waals surface area contributed by atoms with Gasteiger partial charge in [0.2, 0.25) is 5.82 Å². The summed E-state index contributed by atoms with van der Waals surface area (Å²) >= 11 is 1.51. The minimum Gasteiger partial charge on any atom is -0.507 e. The Kier molecular flexibility index (Phi) is 6.04. The molecule has 2 amide bonds. The van der Waals surface area contributed by atoms with E-state index in [-0.39, 0.29) is 30.2 Å². The molecule has 156 valence electrons. The molecule has 0 aliphatic rings. The number of aromatic hydroxyl groups is 1. The standard InChI is InChI=1S/C22H19N5O3S/c28-17-10-5-4-9-16(17)21(29)23-12-13-24-22(30)19-25-20(18-11-6-14-31-18)27(26-19)15-7-2-1-3-8-15/h1-11,14,28H,12-13H2,(H,23,29)(H,24,30). The van der Waals surface area contributed by atoms with E-state index in [2.05, 4.69) is 20.7 Å². The lowest BCUT2D eigenvalue weighted by molar-refractivity contribution is 0.0920. The lowest BCUT2D eigenvalue weighted by Gasteiger charge is -2.07. The number of rotatable bonds is 7. The molecule has 0 aliphatic heterocycles. The fraction of sp³-hybridized carbons (Fsp3) is 0.0909. The van der Waals surface area contributed by atoms with Crippen molar-refractivity contribution >= 4 is 23.2 Å². The van der Waals surface area contributed by atoms with Gasteiger partial charge in [-0.05, 0) is 35.7 Å². The molecule has 0 aliphatic carbocycles. The number of hydrogen-bond acceptors (Lipinski definition) is 6. The number of nitrogens with one attached hydrogen (secondary N) is 2. The van der Waals surface area contributed by atoms with E-state index in [1.165, 1.54) is 23.5 Å². The number of phenolic OH excluding ortho intramolecular Hbond substituents is 1.